The number of nitrogens with zero attached hydrogens (tertiary/aromatic N) is 4. The van der Waals surface area contributed by atoms with Crippen LogP contribution < -0.4 is 15.8 Å². The summed E-state index contributed by atoms with van der Waals surface area (Å²) in [4.78, 5) is 28.9. The van der Waals surface area contributed by atoms with Crippen LogP contribution in [0.4, 0.5) is 11.4 Å². The fraction of sp³-hybridized carbons (Fsp3) is 0.450. The quantitative estimate of drug-likeness (QED) is 0.848. The molecule has 0 radical (unpaired) electrons. The number of amides is 1. The Morgan fingerprint density at radius 3 is 2.71 bits per heavy atom. The highest BCUT2D eigenvalue weighted by molar-refractivity contribution is 6.33. The number of piperidine rings is 1. The third-order valence-corrected chi connectivity index (χ3v) is 6.31. The number of piperazine rings is 1. The van der Waals surface area contributed by atoms with Crippen LogP contribution in [0, 0.1) is 13.8 Å². The molecule has 3 aliphatic heterocycles. The minimum atomic E-state index is -0.289. The van der Waals surface area contributed by atoms with E-state index in [1.54, 1.807) is 13.2 Å². The third-order valence-electron chi connectivity index (χ3n) is 5.95. The molecule has 3 aliphatic rings. The summed E-state index contributed by atoms with van der Waals surface area (Å²) in [7, 11) is 1.59. The summed E-state index contributed by atoms with van der Waals surface area (Å²) >= 11 is 6.24. The molecule has 7 nitrogen and oxygen atoms in total. The van der Waals surface area contributed by atoms with Crippen LogP contribution in [0.25, 0.3) is 0 Å². The largest absolute Gasteiger partial charge is 0.366 e. The van der Waals surface area contributed by atoms with Gasteiger partial charge in [0.05, 0.1) is 18.4 Å². The first kappa shape index (κ1) is 19.0. The second-order valence-electron chi connectivity index (χ2n) is 7.69. The first-order valence-corrected chi connectivity index (χ1v) is 9.81. The van der Waals surface area contributed by atoms with Gasteiger partial charge in [0.15, 0.2) is 0 Å². The number of halogens is 1. The number of anilines is 2. The van der Waals surface area contributed by atoms with Crippen LogP contribution in [0.3, 0.4) is 0 Å². The van der Waals surface area contributed by atoms with Crippen LogP contribution in [0.2, 0.25) is 5.02 Å². The van der Waals surface area contributed by atoms with Crippen LogP contribution in [-0.2, 0) is 11.8 Å². The molecule has 0 saturated carbocycles. The number of hydrogen-bond acceptors (Lipinski definition) is 5. The molecule has 0 spiro atoms. The van der Waals surface area contributed by atoms with Crippen LogP contribution in [-0.4, -0.2) is 52.3 Å². The molecule has 1 aromatic carbocycles. The summed E-state index contributed by atoms with van der Waals surface area (Å²) in [6, 6.07) is 6.49. The second-order valence-corrected chi connectivity index (χ2v) is 8.07. The van der Waals surface area contributed by atoms with Crippen molar-refractivity contribution in [2.45, 2.75) is 32.4 Å². The summed E-state index contributed by atoms with van der Waals surface area (Å²) in [5.74, 6) is 0.00475. The van der Waals surface area contributed by atoms with Gasteiger partial charge in [-0.05, 0) is 37.5 Å². The van der Waals surface area contributed by atoms with E-state index >= 15 is 0 Å². The van der Waals surface area contributed by atoms with Gasteiger partial charge < -0.3 is 10.2 Å². The SMILES string of the molecule is Cc1cccc(NC(=O)CN2C3CC2CN(c2cnn(C)c(=O)c2Cl)C3)c1C. The number of carbonyl (C=O) groups excluding carboxylic acids is 1. The van der Waals surface area contributed by atoms with E-state index in [2.05, 4.69) is 20.2 Å². The van der Waals surface area contributed by atoms with Gasteiger partial charge >= 0.3 is 0 Å². The Morgan fingerprint density at radius 1 is 1.29 bits per heavy atom. The smallest absolute Gasteiger partial charge is 0.287 e. The van der Waals surface area contributed by atoms with Crippen molar-refractivity contribution in [2.24, 2.45) is 7.05 Å². The van der Waals surface area contributed by atoms with Gasteiger partial charge in [-0.3, -0.25) is 14.5 Å². The van der Waals surface area contributed by atoms with E-state index in [9.17, 15) is 9.59 Å². The third kappa shape index (κ3) is 3.29. The fourth-order valence-corrected chi connectivity index (χ4v) is 4.40. The topological polar surface area (TPSA) is 70.5 Å². The maximum Gasteiger partial charge on any atom is 0.287 e. The molecular formula is C20H24ClN5O2. The molecule has 8 heteroatoms. The molecule has 3 saturated heterocycles. The molecule has 0 aliphatic carbocycles. The van der Waals surface area contributed by atoms with Crippen molar-refractivity contribution in [2.75, 3.05) is 29.9 Å². The Kier molecular flexibility index (Phi) is 4.89. The molecule has 148 valence electrons. The number of carbonyl (C=O) groups is 1. The number of rotatable bonds is 4. The lowest BCUT2D eigenvalue weighted by atomic mass is 9.87. The minimum Gasteiger partial charge on any atom is -0.366 e. The average Bonchev–Trinajstić information content (AvgIpc) is 2.68. The van der Waals surface area contributed by atoms with Crippen molar-refractivity contribution in [3.63, 3.8) is 0 Å². The highest BCUT2D eigenvalue weighted by Gasteiger charge is 2.45. The normalized spacial score (nSPS) is 21.4. The van der Waals surface area contributed by atoms with Crippen molar-refractivity contribution < 1.29 is 4.79 Å². The van der Waals surface area contributed by atoms with Crippen molar-refractivity contribution in [3.05, 3.63) is 50.9 Å². The van der Waals surface area contributed by atoms with E-state index in [0.29, 0.717) is 12.2 Å². The zero-order valence-corrected chi connectivity index (χ0v) is 17.0. The number of aryl methyl sites for hydroxylation is 2. The molecule has 28 heavy (non-hydrogen) atoms. The van der Waals surface area contributed by atoms with Gasteiger partial charge in [-0.1, -0.05) is 23.7 Å². The predicted octanol–water partition coefficient (Wildman–Crippen LogP) is 1.95. The highest BCUT2D eigenvalue weighted by atomic mass is 35.5. The average molecular weight is 402 g/mol. The van der Waals surface area contributed by atoms with Gasteiger partial charge in [0.1, 0.15) is 5.02 Å². The molecule has 3 fully saturated rings. The van der Waals surface area contributed by atoms with Gasteiger partial charge in [0.2, 0.25) is 5.91 Å². The second kappa shape index (κ2) is 7.22. The molecule has 1 aromatic heterocycles. The molecule has 2 aromatic rings. The highest BCUT2D eigenvalue weighted by Crippen LogP contribution is 2.35. The summed E-state index contributed by atoms with van der Waals surface area (Å²) in [6.45, 7) is 5.90. The standard InChI is InChI=1S/C20H24ClN5O2/c1-12-5-4-6-16(13(12)2)23-18(27)11-26-14-7-15(26)10-25(9-14)17-8-22-24(3)20(28)19(17)21/h4-6,8,14-15H,7,9-11H2,1-3H3,(H,23,27). The van der Waals surface area contributed by atoms with E-state index in [0.717, 1.165) is 36.3 Å². The Labute approximate surface area is 168 Å². The Hall–Kier alpha value is -2.38. The molecule has 2 bridgehead atoms. The van der Waals surface area contributed by atoms with Gasteiger partial charge in [0, 0.05) is 37.9 Å². The minimum absolute atomic E-state index is 0.00475. The van der Waals surface area contributed by atoms with E-state index in [-0.39, 0.29) is 28.6 Å². The summed E-state index contributed by atoms with van der Waals surface area (Å²) in [5.41, 5.74) is 3.52. The molecule has 5 rings (SSSR count). The lowest BCUT2D eigenvalue weighted by Crippen LogP contribution is -2.69. The molecule has 4 heterocycles. The number of hydrogen-bond donors (Lipinski definition) is 1. The molecule has 1 amide bonds. The van der Waals surface area contributed by atoms with E-state index in [4.69, 9.17) is 11.6 Å². The van der Waals surface area contributed by atoms with Crippen LogP contribution in [0.5, 0.6) is 0 Å². The van der Waals surface area contributed by atoms with Crippen molar-refractivity contribution >= 4 is 28.9 Å². The lowest BCUT2D eigenvalue weighted by Gasteiger charge is -2.56. The molecule has 2 atom stereocenters. The number of fused-ring (bicyclic) bond motifs is 2. The number of nitrogens with one attached hydrogen (secondary N) is 1. The monoisotopic (exact) mass is 401 g/mol. The van der Waals surface area contributed by atoms with Crippen molar-refractivity contribution in [1.29, 1.82) is 0 Å². The zero-order chi connectivity index (χ0) is 20.0. The van der Waals surface area contributed by atoms with Gasteiger partial charge in [0.25, 0.3) is 5.56 Å². The van der Waals surface area contributed by atoms with Crippen LogP contribution >= 0.6 is 11.6 Å². The fourth-order valence-electron chi connectivity index (χ4n) is 4.11. The lowest BCUT2D eigenvalue weighted by molar-refractivity contribution is -0.121. The Balaban J connectivity index is 1.40. The summed E-state index contributed by atoms with van der Waals surface area (Å²) in [6.07, 6.45) is 2.70. The first-order valence-electron chi connectivity index (χ1n) is 9.43. The molecule has 1 N–H and O–H groups in total. The number of benzene rings is 1. The zero-order valence-electron chi connectivity index (χ0n) is 16.3. The summed E-state index contributed by atoms with van der Waals surface area (Å²) in [5, 5.41) is 7.33. The van der Waals surface area contributed by atoms with Crippen molar-refractivity contribution in [1.82, 2.24) is 14.7 Å². The van der Waals surface area contributed by atoms with E-state index in [1.807, 2.05) is 32.0 Å². The Morgan fingerprint density at radius 2 is 2.00 bits per heavy atom. The Bertz CT molecular complexity index is 977. The predicted molar refractivity (Wildman–Crippen MR) is 110 cm³/mol. The molecule has 2 unspecified atom stereocenters. The van der Waals surface area contributed by atoms with Crippen LogP contribution in [0.15, 0.2) is 29.2 Å². The van der Waals surface area contributed by atoms with Gasteiger partial charge in [-0.15, -0.1) is 0 Å². The van der Waals surface area contributed by atoms with E-state index < -0.39 is 0 Å². The van der Waals surface area contributed by atoms with Crippen LogP contribution in [0.1, 0.15) is 17.5 Å². The van der Waals surface area contributed by atoms with Gasteiger partial charge in [-0.25, -0.2) is 4.68 Å². The van der Waals surface area contributed by atoms with Crippen molar-refractivity contribution in [3.8, 4) is 0 Å². The maximum absolute atomic E-state index is 12.6. The number of aromatic nitrogens is 2. The molecular weight excluding hydrogens is 378 g/mol. The van der Waals surface area contributed by atoms with E-state index in [1.165, 1.54) is 4.68 Å². The maximum atomic E-state index is 12.6. The summed E-state index contributed by atoms with van der Waals surface area (Å²) < 4.78 is 1.24. The van der Waals surface area contributed by atoms with Gasteiger partial charge in [-0.2, -0.15) is 5.10 Å². The first-order chi connectivity index (χ1) is 13.3.